The fourth-order valence-corrected chi connectivity index (χ4v) is 4.99. The van der Waals surface area contributed by atoms with Gasteiger partial charge in [0, 0.05) is 16.1 Å². The zero-order valence-corrected chi connectivity index (χ0v) is 19.1. The molecule has 7 nitrogen and oxygen atoms in total. The Hall–Kier alpha value is -3.82. The van der Waals surface area contributed by atoms with Gasteiger partial charge in [-0.25, -0.2) is 4.98 Å². The summed E-state index contributed by atoms with van der Waals surface area (Å²) in [5.41, 5.74) is 3.85. The Labute approximate surface area is 197 Å². The van der Waals surface area contributed by atoms with Crippen molar-refractivity contribution < 1.29 is 14.0 Å². The van der Waals surface area contributed by atoms with Gasteiger partial charge < -0.3 is 9.73 Å². The van der Waals surface area contributed by atoms with E-state index < -0.39 is 5.91 Å². The smallest absolute Gasteiger partial charge is 0.302 e. The second-order valence-corrected chi connectivity index (χ2v) is 9.43. The summed E-state index contributed by atoms with van der Waals surface area (Å²) in [5, 5.41) is 8.18. The molecule has 2 aromatic carbocycles. The fraction of sp³-hybridized carbons (Fsp3) is 0.0833. The Morgan fingerprint density at radius 2 is 1.88 bits per heavy atom. The summed E-state index contributed by atoms with van der Waals surface area (Å²) in [6, 6.07) is 17.4. The minimum absolute atomic E-state index is 0.0110. The molecule has 0 aliphatic heterocycles. The maximum atomic E-state index is 12.5. The maximum Gasteiger partial charge on any atom is 0.302 e. The highest BCUT2D eigenvalue weighted by atomic mass is 32.1. The third-order valence-corrected chi connectivity index (χ3v) is 6.78. The van der Waals surface area contributed by atoms with E-state index in [4.69, 9.17) is 4.42 Å². The number of anilines is 2. The van der Waals surface area contributed by atoms with Crippen LogP contribution in [0.2, 0.25) is 0 Å². The lowest BCUT2D eigenvalue weighted by atomic mass is 10.2. The molecule has 3 aromatic heterocycles. The van der Waals surface area contributed by atoms with Gasteiger partial charge in [0.15, 0.2) is 5.69 Å². The van der Waals surface area contributed by atoms with Crippen LogP contribution in [0, 0.1) is 6.92 Å². The van der Waals surface area contributed by atoms with Crippen LogP contribution in [0.1, 0.15) is 20.9 Å². The Kier molecular flexibility index (Phi) is 5.72. The monoisotopic (exact) mass is 474 g/mol. The number of thiophene rings is 1. The van der Waals surface area contributed by atoms with Crippen molar-refractivity contribution in [2.75, 3.05) is 10.6 Å². The number of hydrogen-bond acceptors (Lipinski definition) is 7. The van der Waals surface area contributed by atoms with Crippen molar-refractivity contribution >= 4 is 56.4 Å². The van der Waals surface area contributed by atoms with Gasteiger partial charge in [0.1, 0.15) is 11.3 Å². The molecule has 164 valence electrons. The van der Waals surface area contributed by atoms with Gasteiger partial charge in [-0.05, 0) is 60.3 Å². The SMILES string of the molecule is Cc1ccc2nc(-c3ccc(NC(=O)c4coc(NC(=O)Cc5cccs5)n4)cc3)sc2c1. The molecule has 2 amide bonds. The van der Waals surface area contributed by atoms with Crippen molar-refractivity contribution in [1.29, 1.82) is 0 Å². The van der Waals surface area contributed by atoms with Crippen LogP contribution in [-0.4, -0.2) is 21.8 Å². The average molecular weight is 475 g/mol. The minimum Gasteiger partial charge on any atom is -0.431 e. The molecule has 3 heterocycles. The molecule has 0 fully saturated rings. The number of amides is 2. The molecule has 5 aromatic rings. The molecular weight excluding hydrogens is 456 g/mol. The molecule has 5 rings (SSSR count). The number of aromatic nitrogens is 2. The van der Waals surface area contributed by atoms with E-state index in [-0.39, 0.29) is 24.0 Å². The first-order valence-corrected chi connectivity index (χ1v) is 11.8. The van der Waals surface area contributed by atoms with Gasteiger partial charge in [0.25, 0.3) is 5.91 Å². The molecule has 33 heavy (non-hydrogen) atoms. The highest BCUT2D eigenvalue weighted by Crippen LogP contribution is 2.31. The lowest BCUT2D eigenvalue weighted by molar-refractivity contribution is -0.115. The van der Waals surface area contributed by atoms with Gasteiger partial charge in [-0.2, -0.15) is 4.98 Å². The second-order valence-electron chi connectivity index (χ2n) is 7.36. The van der Waals surface area contributed by atoms with Crippen LogP contribution >= 0.6 is 22.7 Å². The van der Waals surface area contributed by atoms with Crippen molar-refractivity contribution in [3.63, 3.8) is 0 Å². The molecule has 0 saturated heterocycles. The number of fused-ring (bicyclic) bond motifs is 1. The third-order valence-electron chi connectivity index (χ3n) is 4.83. The largest absolute Gasteiger partial charge is 0.431 e. The molecule has 0 radical (unpaired) electrons. The zero-order chi connectivity index (χ0) is 22.8. The average Bonchev–Trinajstić information content (AvgIpc) is 3.55. The van der Waals surface area contributed by atoms with E-state index in [0.717, 1.165) is 25.7 Å². The number of nitrogens with zero attached hydrogens (tertiary/aromatic N) is 2. The quantitative estimate of drug-likeness (QED) is 0.326. The zero-order valence-electron chi connectivity index (χ0n) is 17.5. The molecule has 0 atom stereocenters. The van der Waals surface area contributed by atoms with Gasteiger partial charge in [-0.15, -0.1) is 22.7 Å². The third kappa shape index (κ3) is 4.84. The number of nitrogens with one attached hydrogen (secondary N) is 2. The number of hydrogen-bond donors (Lipinski definition) is 2. The number of rotatable bonds is 6. The van der Waals surface area contributed by atoms with Gasteiger partial charge >= 0.3 is 6.01 Å². The molecule has 0 aliphatic carbocycles. The van der Waals surface area contributed by atoms with Gasteiger partial charge in [-0.3, -0.25) is 14.9 Å². The highest BCUT2D eigenvalue weighted by molar-refractivity contribution is 7.21. The number of carbonyl (C=O) groups is 2. The Morgan fingerprint density at radius 3 is 2.67 bits per heavy atom. The number of oxazole rings is 1. The van der Waals surface area contributed by atoms with Crippen LogP contribution in [-0.2, 0) is 11.2 Å². The summed E-state index contributed by atoms with van der Waals surface area (Å²) < 4.78 is 6.37. The topological polar surface area (TPSA) is 97.1 Å². The maximum absolute atomic E-state index is 12.5. The molecule has 0 aliphatic rings. The number of aryl methyl sites for hydroxylation is 1. The summed E-state index contributed by atoms with van der Waals surface area (Å²) >= 11 is 3.13. The van der Waals surface area contributed by atoms with Crippen LogP contribution < -0.4 is 10.6 Å². The summed E-state index contributed by atoms with van der Waals surface area (Å²) in [4.78, 5) is 34.3. The number of thiazole rings is 1. The number of carbonyl (C=O) groups excluding carboxylic acids is 2. The second kappa shape index (κ2) is 8.97. The van der Waals surface area contributed by atoms with Crippen molar-refractivity contribution in [2.24, 2.45) is 0 Å². The predicted octanol–water partition coefficient (Wildman–Crippen LogP) is 5.75. The van der Waals surface area contributed by atoms with Crippen LogP contribution in [0.25, 0.3) is 20.8 Å². The Balaban J connectivity index is 1.22. The van der Waals surface area contributed by atoms with Crippen LogP contribution in [0.15, 0.2) is 70.7 Å². The van der Waals surface area contributed by atoms with Gasteiger partial charge in [0.05, 0.1) is 16.6 Å². The van der Waals surface area contributed by atoms with Crippen molar-refractivity contribution in [1.82, 2.24) is 9.97 Å². The van der Waals surface area contributed by atoms with Gasteiger partial charge in [0.2, 0.25) is 5.91 Å². The Morgan fingerprint density at radius 1 is 1.03 bits per heavy atom. The fourth-order valence-electron chi connectivity index (χ4n) is 3.22. The molecule has 0 unspecified atom stereocenters. The van der Waals surface area contributed by atoms with E-state index in [1.807, 2.05) is 47.8 Å². The summed E-state index contributed by atoms with van der Waals surface area (Å²) in [7, 11) is 0. The van der Waals surface area contributed by atoms with Crippen LogP contribution in [0.3, 0.4) is 0 Å². The molecule has 0 saturated carbocycles. The predicted molar refractivity (Wildman–Crippen MR) is 131 cm³/mol. The highest BCUT2D eigenvalue weighted by Gasteiger charge is 2.15. The standard InChI is InChI=1S/C24H18N4O3S2/c1-14-4-9-18-20(11-14)33-23(26-18)15-5-7-16(8-6-15)25-22(30)19-13-31-24(27-19)28-21(29)12-17-3-2-10-32-17/h2-11,13H,12H2,1H3,(H,25,30)(H,27,28,29). The van der Waals surface area contributed by atoms with E-state index in [1.54, 1.807) is 11.3 Å². The lowest BCUT2D eigenvalue weighted by Gasteiger charge is -2.03. The molecule has 2 N–H and O–H groups in total. The summed E-state index contributed by atoms with van der Waals surface area (Å²) in [5.74, 6) is -0.687. The Bertz CT molecular complexity index is 1440. The van der Waals surface area contributed by atoms with E-state index in [9.17, 15) is 9.59 Å². The van der Waals surface area contributed by atoms with Crippen LogP contribution in [0.4, 0.5) is 11.7 Å². The number of benzene rings is 2. The van der Waals surface area contributed by atoms with Crippen molar-refractivity contribution in [2.45, 2.75) is 13.3 Å². The van der Waals surface area contributed by atoms with E-state index in [0.29, 0.717) is 5.69 Å². The van der Waals surface area contributed by atoms with Crippen molar-refractivity contribution in [3.8, 4) is 10.6 Å². The molecule has 9 heteroatoms. The van der Waals surface area contributed by atoms with Crippen molar-refractivity contribution in [3.05, 3.63) is 82.4 Å². The van der Waals surface area contributed by atoms with Gasteiger partial charge in [-0.1, -0.05) is 12.1 Å². The molecule has 0 bridgehead atoms. The first-order chi connectivity index (χ1) is 16.0. The summed E-state index contributed by atoms with van der Waals surface area (Å²) in [6.45, 7) is 2.06. The van der Waals surface area contributed by atoms with E-state index >= 15 is 0 Å². The first kappa shape index (κ1) is 21.0. The van der Waals surface area contributed by atoms with Crippen LogP contribution in [0.5, 0.6) is 0 Å². The lowest BCUT2D eigenvalue weighted by Crippen LogP contribution is -2.15. The summed E-state index contributed by atoms with van der Waals surface area (Å²) in [6.07, 6.45) is 1.44. The normalized spacial score (nSPS) is 10.9. The first-order valence-electron chi connectivity index (χ1n) is 10.1. The molecule has 0 spiro atoms. The van der Waals surface area contributed by atoms with E-state index in [1.165, 1.54) is 23.2 Å². The van der Waals surface area contributed by atoms with E-state index in [2.05, 4.69) is 39.7 Å². The molecular formula is C24H18N4O3S2. The minimum atomic E-state index is -0.430.